The summed E-state index contributed by atoms with van der Waals surface area (Å²) in [5.74, 6) is 1.25. The van der Waals surface area contributed by atoms with Crippen LogP contribution in [0.4, 0.5) is 19.6 Å². The number of alkyl halides is 2. The molecule has 1 aliphatic heterocycles. The number of nitrogens with two attached hydrogens (primary N) is 1. The molecule has 3 atom stereocenters. The number of aryl methyl sites for hydroxylation is 1. The van der Waals surface area contributed by atoms with Gasteiger partial charge in [0.25, 0.3) is 6.43 Å². The zero-order valence-electron chi connectivity index (χ0n) is 27.3. The fourth-order valence-electron chi connectivity index (χ4n) is 8.34. The molecule has 0 saturated carbocycles. The number of nitriles is 1. The first kappa shape index (κ1) is 31.9. The highest BCUT2D eigenvalue weighted by Crippen LogP contribution is 2.55. The summed E-state index contributed by atoms with van der Waals surface area (Å²) >= 11 is 1.49. The molecule has 4 aromatic heterocycles. The van der Waals surface area contributed by atoms with E-state index >= 15 is 0 Å². The second-order valence-electron chi connectivity index (χ2n) is 14.1. The summed E-state index contributed by atoms with van der Waals surface area (Å²) in [5, 5.41) is 31.3. The van der Waals surface area contributed by atoms with Gasteiger partial charge < -0.3 is 25.2 Å². The highest BCUT2D eigenvalue weighted by Gasteiger charge is 2.49. The van der Waals surface area contributed by atoms with E-state index < -0.39 is 24.0 Å². The van der Waals surface area contributed by atoms with Crippen molar-refractivity contribution in [3.63, 3.8) is 0 Å². The maximum Gasteiger partial charge on any atom is 0.255 e. The van der Waals surface area contributed by atoms with Crippen LogP contribution in [0, 0.1) is 11.3 Å². The number of likely N-dealkylation sites (tertiary alicyclic amines) is 1. The molecule has 0 bridgehead atoms. The number of hydrogen-bond acceptors (Lipinski definition) is 11. The van der Waals surface area contributed by atoms with Crippen LogP contribution in [0.25, 0.3) is 22.6 Å². The molecule has 250 valence electrons. The number of aliphatic hydroxyl groups is 1. The lowest BCUT2D eigenvalue weighted by atomic mass is 9.63. The van der Waals surface area contributed by atoms with Crippen LogP contribution in [0.5, 0.6) is 0 Å². The fraction of sp³-hybridized carbons (Fsp3) is 0.606. The number of rotatable bonds is 8. The molecule has 14 heteroatoms. The number of hydrogen-bond donors (Lipinski definition) is 2. The second kappa shape index (κ2) is 11.8. The summed E-state index contributed by atoms with van der Waals surface area (Å²) in [6, 6.07) is 2.55. The average molecular weight is 666 g/mol. The molecule has 2 aliphatic carbocycles. The SMILES string of the molecule is CC(C1CCCN1C)n1ncc2c(N(CC(F)F)CC(C)(C)O)nc(-c3noc4c3CCCC43CCCc4sc(N)c(C#N)c43)nc21. The van der Waals surface area contributed by atoms with Crippen molar-refractivity contribution in [2.75, 3.05) is 37.3 Å². The maximum atomic E-state index is 14.1. The van der Waals surface area contributed by atoms with Crippen molar-refractivity contribution in [3.8, 4) is 17.6 Å². The Morgan fingerprint density at radius 3 is 2.70 bits per heavy atom. The Morgan fingerprint density at radius 1 is 1.26 bits per heavy atom. The van der Waals surface area contributed by atoms with E-state index in [0.717, 1.165) is 73.3 Å². The molecule has 3 unspecified atom stereocenters. The molecule has 1 saturated heterocycles. The topological polar surface area (TPSA) is 146 Å². The van der Waals surface area contributed by atoms with Crippen LogP contribution in [-0.4, -0.2) is 79.7 Å². The first-order valence-electron chi connectivity index (χ1n) is 16.4. The Labute approximate surface area is 276 Å². The van der Waals surface area contributed by atoms with Crippen LogP contribution < -0.4 is 10.6 Å². The lowest BCUT2D eigenvalue weighted by Crippen LogP contribution is -2.41. The predicted octanol–water partition coefficient (Wildman–Crippen LogP) is 5.45. The Bertz CT molecular complexity index is 1850. The highest BCUT2D eigenvalue weighted by atomic mass is 32.1. The quantitative estimate of drug-likeness (QED) is 0.249. The van der Waals surface area contributed by atoms with E-state index in [1.807, 2.05) is 4.68 Å². The molecule has 0 amide bonds. The summed E-state index contributed by atoms with van der Waals surface area (Å²) in [5.41, 5.74) is 7.90. The van der Waals surface area contributed by atoms with Gasteiger partial charge in [0.05, 0.1) is 40.7 Å². The number of anilines is 2. The van der Waals surface area contributed by atoms with Gasteiger partial charge in [-0.2, -0.15) is 10.4 Å². The van der Waals surface area contributed by atoms with Crippen LogP contribution in [0.15, 0.2) is 10.7 Å². The summed E-state index contributed by atoms with van der Waals surface area (Å²) in [6.45, 7) is 5.58. The number of fused-ring (bicyclic) bond motifs is 5. The summed E-state index contributed by atoms with van der Waals surface area (Å²) in [6.07, 6.45) is 6.02. The van der Waals surface area contributed by atoms with E-state index in [1.165, 1.54) is 16.2 Å². The van der Waals surface area contributed by atoms with Gasteiger partial charge in [-0.25, -0.2) is 23.4 Å². The third kappa shape index (κ3) is 5.36. The monoisotopic (exact) mass is 665 g/mol. The zero-order valence-corrected chi connectivity index (χ0v) is 28.1. The Hall–Kier alpha value is -3.67. The Kier molecular flexibility index (Phi) is 8.00. The minimum atomic E-state index is -2.67. The van der Waals surface area contributed by atoms with Crippen molar-refractivity contribution in [2.24, 2.45) is 0 Å². The van der Waals surface area contributed by atoms with E-state index in [2.05, 4.69) is 30.1 Å². The molecule has 7 rings (SSSR count). The van der Waals surface area contributed by atoms with Gasteiger partial charge >= 0.3 is 0 Å². The van der Waals surface area contributed by atoms with Gasteiger partial charge in [0.2, 0.25) is 0 Å². The van der Waals surface area contributed by atoms with Crippen LogP contribution in [0.1, 0.15) is 92.7 Å². The summed E-state index contributed by atoms with van der Waals surface area (Å²) < 4.78 is 36.2. The molecule has 1 spiro atoms. The van der Waals surface area contributed by atoms with Crippen molar-refractivity contribution < 1.29 is 18.4 Å². The van der Waals surface area contributed by atoms with E-state index in [1.54, 1.807) is 20.0 Å². The lowest BCUT2D eigenvalue weighted by molar-refractivity contribution is 0.0810. The standard InChI is InChI=1S/C33H41F2N9O2S/c1-18(22-9-7-13-42(22)4)44-31-21(15-38-44)30(43(16-24(34)35)17-32(2,3)45)39-29(40-31)26-19-8-5-11-33(27(19)46-41-26)12-6-10-23-25(33)20(14-36)28(37)47-23/h15,18,22,24,45H,5-13,16-17,37H2,1-4H3. The first-order valence-corrected chi connectivity index (χ1v) is 17.3. The van der Waals surface area contributed by atoms with Crippen molar-refractivity contribution in [3.05, 3.63) is 33.5 Å². The molecule has 11 nitrogen and oxygen atoms in total. The van der Waals surface area contributed by atoms with Gasteiger partial charge in [0.1, 0.15) is 16.9 Å². The van der Waals surface area contributed by atoms with E-state index in [4.69, 9.17) is 25.3 Å². The molecule has 3 aliphatic rings. The van der Waals surface area contributed by atoms with E-state index in [-0.39, 0.29) is 30.3 Å². The van der Waals surface area contributed by atoms with Gasteiger partial charge in [-0.3, -0.25) is 0 Å². The molecule has 47 heavy (non-hydrogen) atoms. The number of aromatic nitrogens is 5. The average Bonchev–Trinajstić information content (AvgIpc) is 3.80. The smallest absolute Gasteiger partial charge is 0.255 e. The number of likely N-dealkylation sites (N-methyl/N-ethyl adjacent to an activating group) is 1. The molecule has 1 fully saturated rings. The minimum absolute atomic E-state index is 0.0444. The van der Waals surface area contributed by atoms with Crippen molar-refractivity contribution in [2.45, 2.75) is 102 Å². The van der Waals surface area contributed by atoms with Gasteiger partial charge in [0.15, 0.2) is 22.9 Å². The van der Waals surface area contributed by atoms with Crippen LogP contribution >= 0.6 is 11.3 Å². The van der Waals surface area contributed by atoms with Crippen molar-refractivity contribution >= 4 is 33.2 Å². The van der Waals surface area contributed by atoms with Crippen molar-refractivity contribution in [1.82, 2.24) is 29.8 Å². The van der Waals surface area contributed by atoms with Crippen molar-refractivity contribution in [1.29, 1.82) is 5.26 Å². The number of nitrogens with zero attached hydrogens (tertiary/aromatic N) is 8. The molecule has 0 aromatic carbocycles. The number of thiophene rings is 1. The summed E-state index contributed by atoms with van der Waals surface area (Å²) in [7, 11) is 2.10. The molecule has 4 aromatic rings. The van der Waals surface area contributed by atoms with Crippen LogP contribution in [-0.2, 0) is 18.3 Å². The normalized spacial score (nSPS) is 22.1. The largest absolute Gasteiger partial charge is 0.389 e. The Balaban J connectivity index is 1.42. The van der Waals surface area contributed by atoms with Crippen LogP contribution in [0.3, 0.4) is 0 Å². The molecule has 3 N–H and O–H groups in total. The number of halogens is 2. The third-order valence-corrected chi connectivity index (χ3v) is 11.3. The Morgan fingerprint density at radius 2 is 2.02 bits per heavy atom. The van der Waals surface area contributed by atoms with Gasteiger partial charge in [-0.15, -0.1) is 11.3 Å². The van der Waals surface area contributed by atoms with E-state index in [0.29, 0.717) is 33.7 Å². The lowest BCUT2D eigenvalue weighted by Gasteiger charge is -2.39. The summed E-state index contributed by atoms with van der Waals surface area (Å²) in [4.78, 5) is 14.8. The van der Waals surface area contributed by atoms with Gasteiger partial charge in [0, 0.05) is 23.0 Å². The number of nitrogen functional groups attached to an aromatic ring is 1. The molecule has 5 heterocycles. The highest BCUT2D eigenvalue weighted by molar-refractivity contribution is 7.16. The third-order valence-electron chi connectivity index (χ3n) is 10.3. The minimum Gasteiger partial charge on any atom is -0.389 e. The van der Waals surface area contributed by atoms with E-state index in [9.17, 15) is 19.1 Å². The molecule has 0 radical (unpaired) electrons. The zero-order chi connectivity index (χ0) is 33.2. The first-order chi connectivity index (χ1) is 22.4. The maximum absolute atomic E-state index is 14.1. The van der Waals surface area contributed by atoms with Crippen LogP contribution in [0.2, 0.25) is 0 Å². The van der Waals surface area contributed by atoms with Gasteiger partial charge in [-0.1, -0.05) is 5.16 Å². The fourth-order valence-corrected chi connectivity index (χ4v) is 9.50. The predicted molar refractivity (Wildman–Crippen MR) is 176 cm³/mol. The molecular weight excluding hydrogens is 624 g/mol. The molecular formula is C33H41F2N9O2S. The van der Waals surface area contributed by atoms with Gasteiger partial charge in [-0.05, 0) is 91.3 Å². The second-order valence-corrected chi connectivity index (χ2v) is 15.2.